The standard InChI is InChI=1S/C18H17N3O2/c1-21-11-10-19-18(21)14-6-5-7-15(12-14)20-17(22)13-23-16-8-3-2-4-9-16/h2-12H,13H2,1H3,(H,20,22). The Balaban J connectivity index is 1.64. The van der Waals surface area contributed by atoms with Crippen LogP contribution in [0.3, 0.4) is 0 Å². The summed E-state index contributed by atoms with van der Waals surface area (Å²) in [5, 5.41) is 2.83. The van der Waals surface area contributed by atoms with Crippen molar-refractivity contribution < 1.29 is 9.53 Å². The van der Waals surface area contributed by atoms with Crippen molar-refractivity contribution in [3.63, 3.8) is 0 Å². The van der Waals surface area contributed by atoms with Gasteiger partial charge in [-0.1, -0.05) is 30.3 Å². The molecule has 0 atom stereocenters. The van der Waals surface area contributed by atoms with Crippen LogP contribution in [-0.4, -0.2) is 22.1 Å². The van der Waals surface area contributed by atoms with Crippen molar-refractivity contribution in [1.82, 2.24) is 9.55 Å². The number of amides is 1. The molecule has 0 saturated heterocycles. The first-order valence-electron chi connectivity index (χ1n) is 7.28. The highest BCUT2D eigenvalue weighted by Crippen LogP contribution is 2.20. The SMILES string of the molecule is Cn1ccnc1-c1cccc(NC(=O)COc2ccccc2)c1. The third kappa shape index (κ3) is 3.77. The molecule has 0 aliphatic heterocycles. The molecule has 0 radical (unpaired) electrons. The second-order valence-electron chi connectivity index (χ2n) is 5.09. The number of carbonyl (C=O) groups excluding carboxylic acids is 1. The Hall–Kier alpha value is -3.08. The van der Waals surface area contributed by atoms with Crippen LogP contribution < -0.4 is 10.1 Å². The highest BCUT2D eigenvalue weighted by Gasteiger charge is 2.07. The van der Waals surface area contributed by atoms with Gasteiger partial charge in [0, 0.05) is 30.7 Å². The molecule has 1 amide bonds. The third-order valence-electron chi connectivity index (χ3n) is 3.34. The molecule has 116 valence electrons. The van der Waals surface area contributed by atoms with Gasteiger partial charge < -0.3 is 14.6 Å². The van der Waals surface area contributed by atoms with E-state index < -0.39 is 0 Å². The maximum atomic E-state index is 12.0. The van der Waals surface area contributed by atoms with Crippen molar-refractivity contribution in [2.24, 2.45) is 7.05 Å². The van der Waals surface area contributed by atoms with E-state index in [9.17, 15) is 4.79 Å². The minimum atomic E-state index is -0.203. The average molecular weight is 307 g/mol. The lowest BCUT2D eigenvalue weighted by atomic mass is 10.2. The Kier molecular flexibility index (Phi) is 4.38. The van der Waals surface area contributed by atoms with Crippen LogP contribution in [0.25, 0.3) is 11.4 Å². The first-order valence-corrected chi connectivity index (χ1v) is 7.28. The van der Waals surface area contributed by atoms with E-state index in [0.717, 1.165) is 11.4 Å². The first kappa shape index (κ1) is 14.8. The van der Waals surface area contributed by atoms with Gasteiger partial charge in [0.05, 0.1) is 0 Å². The Bertz CT molecular complexity index is 797. The smallest absolute Gasteiger partial charge is 0.262 e. The van der Waals surface area contributed by atoms with Crippen LogP contribution in [0.2, 0.25) is 0 Å². The molecule has 1 heterocycles. The zero-order valence-electron chi connectivity index (χ0n) is 12.8. The molecule has 0 unspecified atom stereocenters. The molecule has 1 aromatic heterocycles. The molecule has 5 nitrogen and oxygen atoms in total. The highest BCUT2D eigenvalue weighted by molar-refractivity contribution is 5.92. The molecule has 0 saturated carbocycles. The van der Waals surface area contributed by atoms with Crippen LogP contribution in [-0.2, 0) is 11.8 Å². The van der Waals surface area contributed by atoms with E-state index in [4.69, 9.17) is 4.74 Å². The van der Waals surface area contributed by atoms with Gasteiger partial charge in [-0.15, -0.1) is 0 Å². The van der Waals surface area contributed by atoms with Crippen LogP contribution in [0.4, 0.5) is 5.69 Å². The maximum absolute atomic E-state index is 12.0. The lowest BCUT2D eigenvalue weighted by molar-refractivity contribution is -0.118. The van der Waals surface area contributed by atoms with Gasteiger partial charge in [-0.2, -0.15) is 0 Å². The lowest BCUT2D eigenvalue weighted by Gasteiger charge is -2.09. The molecule has 0 aliphatic rings. The van der Waals surface area contributed by atoms with Crippen molar-refractivity contribution in [3.8, 4) is 17.1 Å². The van der Waals surface area contributed by atoms with Gasteiger partial charge in [-0.05, 0) is 24.3 Å². The molecule has 3 aromatic rings. The number of aromatic nitrogens is 2. The minimum Gasteiger partial charge on any atom is -0.484 e. The van der Waals surface area contributed by atoms with Crippen molar-refractivity contribution >= 4 is 11.6 Å². The summed E-state index contributed by atoms with van der Waals surface area (Å²) in [5.41, 5.74) is 1.66. The predicted molar refractivity (Wildman–Crippen MR) is 89.2 cm³/mol. The highest BCUT2D eigenvalue weighted by atomic mass is 16.5. The van der Waals surface area contributed by atoms with E-state index in [1.165, 1.54) is 0 Å². The second-order valence-corrected chi connectivity index (χ2v) is 5.09. The Morgan fingerprint density at radius 2 is 2.00 bits per heavy atom. The third-order valence-corrected chi connectivity index (χ3v) is 3.34. The maximum Gasteiger partial charge on any atom is 0.262 e. The van der Waals surface area contributed by atoms with E-state index in [2.05, 4.69) is 10.3 Å². The molecule has 1 N–H and O–H groups in total. The van der Waals surface area contributed by atoms with Crippen LogP contribution in [0, 0.1) is 0 Å². The molecule has 3 rings (SSSR count). The summed E-state index contributed by atoms with van der Waals surface area (Å²) in [7, 11) is 1.93. The van der Waals surface area contributed by atoms with E-state index in [0.29, 0.717) is 11.4 Å². The second kappa shape index (κ2) is 6.79. The van der Waals surface area contributed by atoms with E-state index >= 15 is 0 Å². The molecule has 0 bridgehead atoms. The van der Waals surface area contributed by atoms with Crippen LogP contribution in [0.15, 0.2) is 67.0 Å². The van der Waals surface area contributed by atoms with Crippen molar-refractivity contribution in [2.75, 3.05) is 11.9 Å². The van der Waals surface area contributed by atoms with Gasteiger partial charge in [0.1, 0.15) is 11.6 Å². The molecule has 0 fully saturated rings. The summed E-state index contributed by atoms with van der Waals surface area (Å²) in [4.78, 5) is 16.3. The van der Waals surface area contributed by atoms with Crippen LogP contribution in [0.5, 0.6) is 5.75 Å². The fourth-order valence-corrected chi connectivity index (χ4v) is 2.24. The molecular weight excluding hydrogens is 290 g/mol. The lowest BCUT2D eigenvalue weighted by Crippen LogP contribution is -2.20. The van der Waals surface area contributed by atoms with Gasteiger partial charge in [0.2, 0.25) is 0 Å². The number of benzene rings is 2. The summed E-state index contributed by atoms with van der Waals surface area (Å²) in [6.45, 7) is -0.0311. The minimum absolute atomic E-state index is 0.0311. The number of rotatable bonds is 5. The number of hydrogen-bond acceptors (Lipinski definition) is 3. The molecule has 23 heavy (non-hydrogen) atoms. The number of anilines is 1. The monoisotopic (exact) mass is 307 g/mol. The number of nitrogens with one attached hydrogen (secondary N) is 1. The van der Waals surface area contributed by atoms with Crippen molar-refractivity contribution in [2.45, 2.75) is 0 Å². The van der Waals surface area contributed by atoms with Gasteiger partial charge in [-0.25, -0.2) is 4.98 Å². The average Bonchev–Trinajstić information content (AvgIpc) is 3.00. The molecule has 2 aromatic carbocycles. The fraction of sp³-hybridized carbons (Fsp3) is 0.111. The largest absolute Gasteiger partial charge is 0.484 e. The summed E-state index contributed by atoms with van der Waals surface area (Å²) in [6, 6.07) is 16.8. The molecule has 5 heteroatoms. The molecule has 0 spiro atoms. The van der Waals surface area contributed by atoms with E-state index in [1.807, 2.05) is 72.4 Å². The zero-order chi connectivity index (χ0) is 16.1. The summed E-state index contributed by atoms with van der Waals surface area (Å²) in [6.07, 6.45) is 3.63. The molecule has 0 aliphatic carbocycles. The number of aryl methyl sites for hydroxylation is 1. The van der Waals surface area contributed by atoms with E-state index in [1.54, 1.807) is 6.20 Å². The van der Waals surface area contributed by atoms with Gasteiger partial charge in [-0.3, -0.25) is 4.79 Å². The topological polar surface area (TPSA) is 56.2 Å². The Labute approximate surface area is 134 Å². The summed E-state index contributed by atoms with van der Waals surface area (Å²) in [5.74, 6) is 1.32. The number of nitrogens with zero attached hydrogens (tertiary/aromatic N) is 2. The first-order chi connectivity index (χ1) is 11.2. The quantitative estimate of drug-likeness (QED) is 0.788. The Morgan fingerprint density at radius 1 is 1.17 bits per heavy atom. The summed E-state index contributed by atoms with van der Waals surface area (Å²) < 4.78 is 7.36. The number of ether oxygens (including phenoxy) is 1. The number of imidazole rings is 1. The summed E-state index contributed by atoms with van der Waals surface area (Å²) >= 11 is 0. The number of carbonyl (C=O) groups is 1. The van der Waals surface area contributed by atoms with Gasteiger partial charge >= 0.3 is 0 Å². The normalized spacial score (nSPS) is 10.3. The van der Waals surface area contributed by atoms with Crippen molar-refractivity contribution in [1.29, 1.82) is 0 Å². The predicted octanol–water partition coefficient (Wildman–Crippen LogP) is 3.10. The van der Waals surface area contributed by atoms with Crippen molar-refractivity contribution in [3.05, 3.63) is 67.0 Å². The molecular formula is C18H17N3O2. The van der Waals surface area contributed by atoms with Gasteiger partial charge in [0.15, 0.2) is 6.61 Å². The number of hydrogen-bond donors (Lipinski definition) is 1. The number of para-hydroxylation sites is 1. The Morgan fingerprint density at radius 3 is 2.74 bits per heavy atom. The van der Waals surface area contributed by atoms with Crippen LogP contribution in [0.1, 0.15) is 0 Å². The van der Waals surface area contributed by atoms with Crippen LogP contribution >= 0.6 is 0 Å². The zero-order valence-corrected chi connectivity index (χ0v) is 12.8. The fourth-order valence-electron chi connectivity index (χ4n) is 2.24. The van der Waals surface area contributed by atoms with E-state index in [-0.39, 0.29) is 12.5 Å². The van der Waals surface area contributed by atoms with Gasteiger partial charge in [0.25, 0.3) is 5.91 Å².